The molecule has 1 N–H and O–H groups in total. The van der Waals surface area contributed by atoms with Gasteiger partial charge in [-0.25, -0.2) is 0 Å². The van der Waals surface area contributed by atoms with Gasteiger partial charge in [-0.2, -0.15) is 0 Å². The lowest BCUT2D eigenvalue weighted by molar-refractivity contribution is -0.141. The summed E-state index contributed by atoms with van der Waals surface area (Å²) >= 11 is 8.83. The Morgan fingerprint density at radius 3 is 2.31 bits per heavy atom. The van der Waals surface area contributed by atoms with Crippen LogP contribution in [0.4, 0.5) is 0 Å². The highest BCUT2D eigenvalue weighted by atomic mass is 32.4. The Balaban J connectivity index is 4.29. The van der Waals surface area contributed by atoms with Crippen LogP contribution in [0.1, 0.15) is 20.8 Å². The molecule has 0 bridgehead atoms. The Morgan fingerprint density at radius 1 is 1.38 bits per heavy atom. The Morgan fingerprint density at radius 2 is 1.94 bits per heavy atom. The van der Waals surface area contributed by atoms with Crippen LogP contribution in [0.5, 0.6) is 0 Å². The molecule has 3 nitrogen and oxygen atoms in total. The van der Waals surface area contributed by atoms with Gasteiger partial charge in [0, 0.05) is 0 Å². The van der Waals surface area contributed by atoms with E-state index in [1.807, 2.05) is 6.92 Å². The van der Waals surface area contributed by atoms with Gasteiger partial charge >= 0.3 is 5.97 Å². The van der Waals surface area contributed by atoms with E-state index >= 15 is 0 Å². The van der Waals surface area contributed by atoms with Crippen molar-refractivity contribution in [1.29, 1.82) is 0 Å². The second kappa shape index (κ2) is 9.77. The normalized spacial score (nSPS) is 12.2. The van der Waals surface area contributed by atoms with Crippen molar-refractivity contribution in [3.63, 3.8) is 0 Å². The van der Waals surface area contributed by atoms with Crippen molar-refractivity contribution in [2.45, 2.75) is 24.7 Å². The van der Waals surface area contributed by atoms with Crippen molar-refractivity contribution in [1.82, 2.24) is 5.32 Å². The predicted octanol–water partition coefficient (Wildman–Crippen LogP) is 2.13. The Kier molecular flexibility index (Phi) is 10.3. The summed E-state index contributed by atoms with van der Waals surface area (Å²) in [5, 5.41) is 3.25. The van der Waals surface area contributed by atoms with E-state index in [1.54, 1.807) is 23.5 Å². The minimum Gasteiger partial charge on any atom is -0.465 e. The molecular formula is C9H20NO2PS3. The molecule has 0 aromatic carbocycles. The monoisotopic (exact) mass is 301 g/mol. The molecule has 0 aliphatic carbocycles. The number of hydrogen-bond donors (Lipinski definition) is 1. The fraction of sp³-hybridized carbons (Fsp3) is 0.889. The maximum atomic E-state index is 11.3. The summed E-state index contributed by atoms with van der Waals surface area (Å²) in [5.41, 5.74) is 0. The lowest BCUT2D eigenvalue weighted by Gasteiger charge is -2.29. The van der Waals surface area contributed by atoms with Gasteiger partial charge in [0.15, 0.2) is 0 Å². The SMILES string of the molecule is CCOC(=O)CNC([PH2]=S)(SCC)SCC. The molecule has 0 saturated heterocycles. The van der Waals surface area contributed by atoms with Gasteiger partial charge < -0.3 is 4.74 Å². The molecule has 0 saturated carbocycles. The fourth-order valence-electron chi connectivity index (χ4n) is 1.09. The van der Waals surface area contributed by atoms with E-state index in [-0.39, 0.29) is 23.8 Å². The summed E-state index contributed by atoms with van der Waals surface area (Å²) in [6.45, 7) is 6.69. The first-order valence-corrected chi connectivity index (χ1v) is 9.72. The largest absolute Gasteiger partial charge is 0.465 e. The summed E-state index contributed by atoms with van der Waals surface area (Å²) < 4.78 is 4.75. The molecule has 16 heavy (non-hydrogen) atoms. The zero-order valence-electron chi connectivity index (χ0n) is 9.95. The van der Waals surface area contributed by atoms with Crippen LogP contribution in [0.15, 0.2) is 0 Å². The first kappa shape index (κ1) is 16.8. The van der Waals surface area contributed by atoms with E-state index in [4.69, 9.17) is 16.5 Å². The number of thioether (sulfide) groups is 2. The molecule has 96 valence electrons. The predicted molar refractivity (Wildman–Crippen MR) is 80.7 cm³/mol. The summed E-state index contributed by atoms with van der Waals surface area (Å²) in [4.78, 5) is 11.3. The standard InChI is InChI=1S/C9H20NO2PS3/c1-4-12-8(11)7-10-9(13-14,15-5-2)16-6-3/h10H,4-7,13H2,1-3H3. The summed E-state index contributed by atoms with van der Waals surface area (Å²) in [6, 6.07) is 0. The van der Waals surface area contributed by atoms with Crippen LogP contribution in [0.2, 0.25) is 0 Å². The fourth-order valence-corrected chi connectivity index (χ4v) is 6.54. The second-order valence-electron chi connectivity index (χ2n) is 2.81. The molecule has 7 heteroatoms. The molecule has 0 aliphatic rings. The number of ether oxygens (including phenoxy) is 1. The molecule has 1 unspecified atom stereocenters. The van der Waals surface area contributed by atoms with Crippen molar-refractivity contribution < 1.29 is 9.53 Å². The van der Waals surface area contributed by atoms with Crippen molar-refractivity contribution >= 4 is 48.7 Å². The molecular weight excluding hydrogens is 281 g/mol. The van der Waals surface area contributed by atoms with Crippen LogP contribution in [-0.4, -0.2) is 34.6 Å². The van der Waals surface area contributed by atoms with Gasteiger partial charge in [0.1, 0.15) is 3.94 Å². The van der Waals surface area contributed by atoms with Gasteiger partial charge in [-0.1, -0.05) is 13.8 Å². The summed E-state index contributed by atoms with van der Waals surface area (Å²) in [7, 11) is -0.171. The van der Waals surface area contributed by atoms with Gasteiger partial charge in [-0.3, -0.25) is 10.1 Å². The molecule has 1 atom stereocenters. The average molecular weight is 301 g/mol. The van der Waals surface area contributed by atoms with E-state index in [1.165, 1.54) is 0 Å². The van der Waals surface area contributed by atoms with E-state index < -0.39 is 0 Å². The van der Waals surface area contributed by atoms with E-state index in [2.05, 4.69) is 19.2 Å². The van der Waals surface area contributed by atoms with Gasteiger partial charge in [0.25, 0.3) is 0 Å². The van der Waals surface area contributed by atoms with Gasteiger partial charge in [-0.05, 0) is 25.8 Å². The number of nitrogens with one attached hydrogen (secondary N) is 1. The minimum atomic E-state index is -0.205. The van der Waals surface area contributed by atoms with Crippen LogP contribution < -0.4 is 5.32 Å². The van der Waals surface area contributed by atoms with E-state index in [9.17, 15) is 4.79 Å². The van der Waals surface area contributed by atoms with Gasteiger partial charge in [-0.15, -0.1) is 35.3 Å². The maximum absolute atomic E-state index is 11.3. The highest BCUT2D eigenvalue weighted by Crippen LogP contribution is 2.43. The number of carbonyl (C=O) groups excluding carboxylic acids is 1. The molecule has 0 radical (unpaired) electrons. The Labute approximate surface area is 113 Å². The highest BCUT2D eigenvalue weighted by Gasteiger charge is 2.26. The van der Waals surface area contributed by atoms with Gasteiger partial charge in [0.05, 0.1) is 13.2 Å². The smallest absolute Gasteiger partial charge is 0.319 e. The van der Waals surface area contributed by atoms with Crippen LogP contribution in [0, 0.1) is 0 Å². The molecule has 0 aromatic heterocycles. The van der Waals surface area contributed by atoms with Crippen LogP contribution in [0.25, 0.3) is 0 Å². The van der Waals surface area contributed by atoms with Crippen molar-refractivity contribution in [2.75, 3.05) is 24.7 Å². The van der Waals surface area contributed by atoms with Crippen LogP contribution in [-0.2, 0) is 21.3 Å². The molecule has 0 aromatic rings. The third kappa shape index (κ3) is 6.50. The zero-order chi connectivity index (χ0) is 12.4. The minimum absolute atomic E-state index is 0.147. The van der Waals surface area contributed by atoms with Crippen LogP contribution in [0.3, 0.4) is 0 Å². The second-order valence-corrected chi connectivity index (χ2v) is 8.73. The summed E-state index contributed by atoms with van der Waals surface area (Å²) in [6.07, 6.45) is 0. The molecule has 0 aliphatic heterocycles. The number of carbonyl (C=O) groups is 1. The highest BCUT2D eigenvalue weighted by molar-refractivity contribution is 8.27. The molecule has 0 fully saturated rings. The topological polar surface area (TPSA) is 38.3 Å². The van der Waals surface area contributed by atoms with E-state index in [0.29, 0.717) is 6.61 Å². The van der Waals surface area contributed by atoms with E-state index in [0.717, 1.165) is 11.5 Å². The maximum Gasteiger partial charge on any atom is 0.319 e. The number of hydrogen-bond acceptors (Lipinski definition) is 6. The quantitative estimate of drug-likeness (QED) is 0.399. The molecule has 0 spiro atoms. The van der Waals surface area contributed by atoms with Crippen molar-refractivity contribution in [2.24, 2.45) is 0 Å². The van der Waals surface area contributed by atoms with Crippen molar-refractivity contribution in [3.05, 3.63) is 0 Å². The number of esters is 1. The molecule has 0 heterocycles. The summed E-state index contributed by atoms with van der Waals surface area (Å²) in [5.74, 6) is 1.78. The molecule has 0 rings (SSSR count). The lowest BCUT2D eigenvalue weighted by Crippen LogP contribution is -2.38. The third-order valence-electron chi connectivity index (χ3n) is 1.66. The van der Waals surface area contributed by atoms with Crippen LogP contribution >= 0.6 is 30.9 Å². The molecule has 0 amide bonds. The Hall–Kier alpha value is 0.780. The first-order chi connectivity index (χ1) is 7.64. The first-order valence-electron chi connectivity index (χ1n) is 5.29. The Bertz CT molecular complexity index is 223. The third-order valence-corrected chi connectivity index (χ3v) is 8.27. The zero-order valence-corrected chi connectivity index (χ0v) is 13.6. The lowest BCUT2D eigenvalue weighted by atomic mass is 10.6. The average Bonchev–Trinajstić information content (AvgIpc) is 2.27. The van der Waals surface area contributed by atoms with Crippen molar-refractivity contribution in [3.8, 4) is 0 Å². The number of rotatable bonds is 9. The van der Waals surface area contributed by atoms with Gasteiger partial charge in [0.2, 0.25) is 0 Å².